The predicted molar refractivity (Wildman–Crippen MR) is 114 cm³/mol. The molecule has 0 aromatic carbocycles. The van der Waals surface area contributed by atoms with Gasteiger partial charge in [0.2, 0.25) is 5.91 Å². The van der Waals surface area contributed by atoms with Crippen LogP contribution in [0.1, 0.15) is 13.2 Å². The van der Waals surface area contributed by atoms with Crippen LogP contribution in [0.2, 0.25) is 0 Å². The van der Waals surface area contributed by atoms with Crippen LogP contribution in [0.25, 0.3) is 0 Å². The summed E-state index contributed by atoms with van der Waals surface area (Å²) in [6.45, 7) is -0.289. The van der Waals surface area contributed by atoms with Crippen LogP contribution in [0.15, 0.2) is 21.9 Å². The van der Waals surface area contributed by atoms with Crippen LogP contribution in [-0.2, 0) is 41.6 Å². The van der Waals surface area contributed by atoms with Gasteiger partial charge in [-0.15, -0.1) is 0 Å². The van der Waals surface area contributed by atoms with E-state index in [4.69, 9.17) is 9.47 Å². The fraction of sp³-hybridized carbons (Fsp3) is 0.647. The van der Waals surface area contributed by atoms with Crippen molar-refractivity contribution in [3.63, 3.8) is 0 Å². The van der Waals surface area contributed by atoms with Crippen molar-refractivity contribution in [2.75, 3.05) is 6.61 Å². The van der Waals surface area contributed by atoms with Gasteiger partial charge in [-0.1, -0.05) is 0 Å². The molecule has 1 aromatic rings. The Balaban J connectivity index is 1.68. The van der Waals surface area contributed by atoms with E-state index in [-0.39, 0.29) is 0 Å². The molecule has 11 atom stereocenters. The number of phosphoric acid groups is 2. The highest BCUT2D eigenvalue weighted by Crippen LogP contribution is 2.57. The quantitative estimate of drug-likeness (QED) is 0.133. The Bertz CT molecular complexity index is 1320. The molecule has 2 saturated heterocycles. The number of amides is 1. The third kappa shape index (κ3) is 7.47. The van der Waals surface area contributed by atoms with Crippen molar-refractivity contribution < 1.29 is 76.9 Å². The van der Waals surface area contributed by atoms with E-state index >= 15 is 0 Å². The number of aromatic amines is 1. The zero-order valence-corrected chi connectivity index (χ0v) is 21.7. The molecule has 226 valence electrons. The molecule has 0 radical (unpaired) electrons. The average molecular weight is 618 g/mol. The number of aliphatic hydroxyl groups excluding tert-OH is 4. The van der Waals surface area contributed by atoms with E-state index in [2.05, 4.69) is 13.4 Å². The lowest BCUT2D eigenvalue weighted by Crippen LogP contribution is -2.66. The minimum absolute atomic E-state index is 0.670. The molecule has 0 saturated carbocycles. The molecule has 2 aliphatic rings. The number of carbonyl (C=O) groups is 2. The summed E-state index contributed by atoms with van der Waals surface area (Å²) in [5.74, 6) is -3.06. The second kappa shape index (κ2) is 12.2. The number of nitrogens with zero attached hydrogens (tertiary/aromatic N) is 1. The Kier molecular flexibility index (Phi) is 9.85. The highest BCUT2D eigenvalue weighted by Gasteiger charge is 2.48. The van der Waals surface area contributed by atoms with Gasteiger partial charge in [-0.3, -0.25) is 32.8 Å². The monoisotopic (exact) mass is 618 g/mol. The number of aliphatic carboxylic acids is 1. The van der Waals surface area contributed by atoms with E-state index in [9.17, 15) is 63.6 Å². The number of H-pyrrole nitrogens is 1. The standard InChI is InChI=1S/C17H25N3O18P2/c1-5(21)18-8-10(24)11(25)13(15(27)28)36-16(8)37-40(32,33)38-39(30,31)34-4-6-9(23)12(26)14(35-6)20-3-2-7(22)19-17(20)29/h2-3,6,8-14,16,23-26H,4H2,1H3,(H,18,21)(H,27,28)(H,30,31)(H,32,33)(H,19,22,29)/p-3/t6-,8-,9-,10-,11-,12-,13+,14-,16-/m1/s1. The van der Waals surface area contributed by atoms with Gasteiger partial charge in [-0.25, -0.2) is 9.11 Å². The van der Waals surface area contributed by atoms with Crippen molar-refractivity contribution in [2.45, 2.75) is 62.1 Å². The maximum atomic E-state index is 12.3. The summed E-state index contributed by atoms with van der Waals surface area (Å²) in [5.41, 5.74) is -1.83. The molecule has 21 nitrogen and oxygen atoms in total. The maximum Gasteiger partial charge on any atom is 0.330 e. The van der Waals surface area contributed by atoms with Gasteiger partial charge in [0.15, 0.2) is 12.5 Å². The van der Waals surface area contributed by atoms with Crippen molar-refractivity contribution in [3.05, 3.63) is 33.1 Å². The van der Waals surface area contributed by atoms with Gasteiger partial charge in [-0.2, -0.15) is 0 Å². The first-order valence-corrected chi connectivity index (χ1v) is 13.8. The minimum atomic E-state index is -6.09. The van der Waals surface area contributed by atoms with E-state index in [0.29, 0.717) is 4.57 Å². The lowest BCUT2D eigenvalue weighted by molar-refractivity contribution is -0.340. The molecule has 6 N–H and O–H groups in total. The fourth-order valence-corrected chi connectivity index (χ4v) is 5.80. The van der Waals surface area contributed by atoms with Gasteiger partial charge >= 0.3 is 5.69 Å². The lowest BCUT2D eigenvalue weighted by atomic mass is 9.97. The zero-order valence-electron chi connectivity index (χ0n) is 19.9. The summed E-state index contributed by atoms with van der Waals surface area (Å²) in [5, 5.41) is 53.3. The molecule has 0 aliphatic carbocycles. The highest BCUT2D eigenvalue weighted by atomic mass is 31.3. The number of aromatic nitrogens is 2. The van der Waals surface area contributed by atoms with Crippen LogP contribution < -0.4 is 31.5 Å². The number of hydrogen-bond acceptors (Lipinski definition) is 18. The number of phosphoric ester groups is 2. The Hall–Kier alpha value is -2.36. The largest absolute Gasteiger partial charge is 0.756 e. The predicted octanol–water partition coefficient (Wildman–Crippen LogP) is -7.16. The number of carboxylic acids is 1. The molecular formula is C17H22N3O18P2-3. The van der Waals surface area contributed by atoms with E-state index in [1.165, 1.54) is 0 Å². The maximum absolute atomic E-state index is 12.3. The van der Waals surface area contributed by atoms with Crippen LogP contribution in [0, 0.1) is 0 Å². The number of ether oxygens (including phenoxy) is 2. The zero-order chi connectivity index (χ0) is 30.2. The molecule has 2 unspecified atom stereocenters. The number of aliphatic hydroxyl groups is 4. The van der Waals surface area contributed by atoms with Crippen molar-refractivity contribution in [1.82, 2.24) is 14.9 Å². The first-order chi connectivity index (χ1) is 18.4. The molecule has 0 spiro atoms. The van der Waals surface area contributed by atoms with Gasteiger partial charge in [-0.05, 0) is 0 Å². The van der Waals surface area contributed by atoms with Crippen molar-refractivity contribution in [3.8, 4) is 0 Å². The van der Waals surface area contributed by atoms with E-state index in [1.54, 1.807) is 0 Å². The summed E-state index contributed by atoms with van der Waals surface area (Å²) < 4.78 is 47.6. The third-order valence-corrected chi connectivity index (χ3v) is 8.03. The second-order valence-corrected chi connectivity index (χ2v) is 11.3. The number of carboxylic acid groups (broad SMARTS) is 1. The van der Waals surface area contributed by atoms with Crippen LogP contribution in [0.3, 0.4) is 0 Å². The first-order valence-electron chi connectivity index (χ1n) is 10.9. The molecule has 1 amide bonds. The molecular weight excluding hydrogens is 596 g/mol. The van der Waals surface area contributed by atoms with Crippen molar-refractivity contribution >= 4 is 27.5 Å². The Morgan fingerprint density at radius 2 is 1.73 bits per heavy atom. The van der Waals surface area contributed by atoms with Gasteiger partial charge < -0.3 is 59.4 Å². The van der Waals surface area contributed by atoms with Crippen molar-refractivity contribution in [1.29, 1.82) is 0 Å². The molecule has 2 aliphatic heterocycles. The molecule has 1 aromatic heterocycles. The number of hydrogen-bond donors (Lipinski definition) is 6. The number of nitrogens with one attached hydrogen (secondary N) is 2. The second-order valence-electron chi connectivity index (χ2n) is 8.39. The summed E-state index contributed by atoms with van der Waals surface area (Å²) >= 11 is 0. The number of rotatable bonds is 10. The molecule has 0 bridgehead atoms. The molecule has 23 heteroatoms. The summed E-state index contributed by atoms with van der Waals surface area (Å²) in [6.07, 6.45) is -15.4. The number of carbonyl (C=O) groups excluding carboxylic acids is 2. The van der Waals surface area contributed by atoms with E-state index < -0.39 is 101 Å². The minimum Gasteiger partial charge on any atom is -0.756 e. The molecule has 3 heterocycles. The Labute approximate surface area is 221 Å². The van der Waals surface area contributed by atoms with E-state index in [1.807, 2.05) is 10.3 Å². The average Bonchev–Trinajstić information content (AvgIpc) is 3.09. The summed E-state index contributed by atoms with van der Waals surface area (Å²) in [7, 11) is -12.0. The van der Waals surface area contributed by atoms with Crippen LogP contribution in [0.4, 0.5) is 0 Å². The highest BCUT2D eigenvalue weighted by molar-refractivity contribution is 7.59. The smallest absolute Gasteiger partial charge is 0.330 e. The van der Waals surface area contributed by atoms with Crippen LogP contribution in [0.5, 0.6) is 0 Å². The lowest BCUT2D eigenvalue weighted by Gasteiger charge is -2.44. The summed E-state index contributed by atoms with van der Waals surface area (Å²) in [4.78, 5) is 72.0. The SMILES string of the molecule is CC(=O)N[C@H]1[C@@H](OP(=O)([O-])OP(=O)([O-])OC[C@H]2O[C@@H](n3ccc(=O)[nH]c3=O)[C@H](O)[C@@H]2O)O[C@H](C(=O)[O-])[C@H](O)[C@@H]1O. The molecule has 2 fully saturated rings. The fourth-order valence-electron chi connectivity index (χ4n) is 3.72. The van der Waals surface area contributed by atoms with Crippen LogP contribution in [-0.4, -0.2) is 97.4 Å². The molecule has 40 heavy (non-hydrogen) atoms. The Morgan fingerprint density at radius 3 is 2.30 bits per heavy atom. The molecule has 3 rings (SSSR count). The van der Waals surface area contributed by atoms with Crippen LogP contribution >= 0.6 is 15.6 Å². The van der Waals surface area contributed by atoms with E-state index in [0.717, 1.165) is 19.2 Å². The topological polar surface area (TPSA) is 331 Å². The van der Waals surface area contributed by atoms with Gasteiger partial charge in [0.1, 0.15) is 42.7 Å². The van der Waals surface area contributed by atoms with Crippen molar-refractivity contribution in [2.24, 2.45) is 0 Å². The van der Waals surface area contributed by atoms with Gasteiger partial charge in [0, 0.05) is 19.2 Å². The van der Waals surface area contributed by atoms with Gasteiger partial charge in [0.05, 0.1) is 12.6 Å². The van der Waals surface area contributed by atoms with Gasteiger partial charge in [0.25, 0.3) is 21.2 Å². The Morgan fingerprint density at radius 1 is 1.07 bits per heavy atom. The third-order valence-electron chi connectivity index (χ3n) is 5.50. The normalized spacial score (nSPS) is 35.4. The first kappa shape index (κ1) is 32.2. The summed E-state index contributed by atoms with van der Waals surface area (Å²) in [6, 6.07) is -1.06.